The van der Waals surface area contributed by atoms with Crippen molar-refractivity contribution in [1.29, 1.82) is 0 Å². The molecule has 0 fully saturated rings. The van der Waals surface area contributed by atoms with Crippen LogP contribution in [0.4, 0.5) is 0 Å². The van der Waals surface area contributed by atoms with Gasteiger partial charge in [-0.2, -0.15) is 0 Å². The van der Waals surface area contributed by atoms with Gasteiger partial charge in [0.25, 0.3) is 0 Å². The van der Waals surface area contributed by atoms with Crippen LogP contribution in [0.25, 0.3) is 0 Å². The summed E-state index contributed by atoms with van der Waals surface area (Å²) in [5, 5.41) is 0. The van der Waals surface area contributed by atoms with Crippen molar-refractivity contribution in [2.45, 2.75) is 39.2 Å². The van der Waals surface area contributed by atoms with E-state index >= 15 is 0 Å². The van der Waals surface area contributed by atoms with Crippen molar-refractivity contribution in [3.8, 4) is 0 Å². The molecule has 0 aromatic rings. The van der Waals surface area contributed by atoms with Crippen molar-refractivity contribution in [3.63, 3.8) is 0 Å². The van der Waals surface area contributed by atoms with E-state index in [0.29, 0.717) is 27.1 Å². The van der Waals surface area contributed by atoms with Gasteiger partial charge in [0.15, 0.2) is 5.78 Å². The third-order valence-corrected chi connectivity index (χ3v) is 4.59. The normalized spacial score (nSPS) is 11.8. The molecule has 6 heteroatoms. The van der Waals surface area contributed by atoms with Gasteiger partial charge in [0, 0.05) is 13.3 Å². The molecular formula is C10H13Br3O3. The molecule has 0 amide bonds. The lowest BCUT2D eigenvalue weighted by Crippen LogP contribution is -2.16. The highest BCUT2D eigenvalue weighted by Crippen LogP contribution is 2.26. The third-order valence-electron chi connectivity index (χ3n) is 1.89. The number of ketones is 1. The molecule has 1 atom stereocenters. The summed E-state index contributed by atoms with van der Waals surface area (Å²) in [6.07, 6.45) is 1.41. The smallest absolute Gasteiger partial charge is 0.302 e. The number of hydrogen-bond acceptors (Lipinski definition) is 3. The zero-order valence-electron chi connectivity index (χ0n) is 9.06. The second-order valence-corrected chi connectivity index (χ2v) is 6.62. The highest BCUT2D eigenvalue weighted by Gasteiger charge is 2.15. The summed E-state index contributed by atoms with van der Waals surface area (Å²) >= 11 is 9.46. The van der Waals surface area contributed by atoms with Crippen LogP contribution in [0.15, 0.2) is 7.87 Å². The van der Waals surface area contributed by atoms with E-state index in [9.17, 15) is 9.59 Å². The maximum atomic E-state index is 11.6. The standard InChI is InChI=1S/C10H13Br3O3/c1-3-7(16-6(2)14)4-5-8(15)9(11)10(12)13/h7H,3-5H2,1-2H3. The second kappa shape index (κ2) is 8.42. The van der Waals surface area contributed by atoms with Crippen molar-refractivity contribution in [2.75, 3.05) is 0 Å². The lowest BCUT2D eigenvalue weighted by Gasteiger charge is -2.14. The molecule has 0 heterocycles. The summed E-state index contributed by atoms with van der Waals surface area (Å²) in [5.41, 5.74) is 0. The van der Waals surface area contributed by atoms with Crippen molar-refractivity contribution in [2.24, 2.45) is 0 Å². The van der Waals surface area contributed by atoms with Crippen molar-refractivity contribution in [1.82, 2.24) is 0 Å². The minimum Gasteiger partial charge on any atom is -0.463 e. The topological polar surface area (TPSA) is 43.4 Å². The highest BCUT2D eigenvalue weighted by atomic mass is 79.9. The molecule has 0 aliphatic rings. The molecule has 0 radical (unpaired) electrons. The van der Waals surface area contributed by atoms with Crippen LogP contribution < -0.4 is 0 Å². The van der Waals surface area contributed by atoms with E-state index in [4.69, 9.17) is 4.74 Å². The Morgan fingerprint density at radius 3 is 2.19 bits per heavy atom. The van der Waals surface area contributed by atoms with Gasteiger partial charge in [0.2, 0.25) is 0 Å². The molecule has 0 aromatic heterocycles. The minimum absolute atomic E-state index is 0.0330. The van der Waals surface area contributed by atoms with E-state index in [2.05, 4.69) is 47.8 Å². The van der Waals surface area contributed by atoms with E-state index in [1.54, 1.807) is 0 Å². The average molecular weight is 421 g/mol. The summed E-state index contributed by atoms with van der Waals surface area (Å²) in [5.74, 6) is -0.343. The molecule has 0 spiro atoms. The minimum atomic E-state index is -0.310. The summed E-state index contributed by atoms with van der Waals surface area (Å²) < 4.78 is 6.10. The largest absolute Gasteiger partial charge is 0.463 e. The van der Waals surface area contributed by atoms with Crippen LogP contribution in [0.2, 0.25) is 0 Å². The maximum Gasteiger partial charge on any atom is 0.302 e. The summed E-state index contributed by atoms with van der Waals surface area (Å²) in [7, 11) is 0. The molecule has 0 aliphatic carbocycles. The quantitative estimate of drug-likeness (QED) is 0.481. The maximum absolute atomic E-state index is 11.6. The Hall–Kier alpha value is 0.320. The van der Waals surface area contributed by atoms with E-state index in [1.165, 1.54) is 6.92 Å². The number of rotatable bonds is 6. The van der Waals surface area contributed by atoms with E-state index in [-0.39, 0.29) is 17.9 Å². The van der Waals surface area contributed by atoms with Crippen LogP contribution in [0.3, 0.4) is 0 Å². The Morgan fingerprint density at radius 2 is 1.81 bits per heavy atom. The van der Waals surface area contributed by atoms with Gasteiger partial charge in [-0.05, 0) is 60.6 Å². The Labute approximate surface area is 120 Å². The molecule has 0 aliphatic heterocycles. The SMILES string of the molecule is CCC(CCC(=O)C(Br)=C(Br)Br)OC(C)=O. The molecule has 0 saturated carbocycles. The van der Waals surface area contributed by atoms with Gasteiger partial charge in [-0.15, -0.1) is 0 Å². The fourth-order valence-corrected chi connectivity index (χ4v) is 1.73. The third kappa shape index (κ3) is 6.81. The van der Waals surface area contributed by atoms with E-state index < -0.39 is 0 Å². The monoisotopic (exact) mass is 418 g/mol. The molecule has 1 unspecified atom stereocenters. The van der Waals surface area contributed by atoms with Crippen LogP contribution >= 0.6 is 47.8 Å². The molecule has 92 valence electrons. The highest BCUT2D eigenvalue weighted by molar-refractivity contribution is 9.29. The van der Waals surface area contributed by atoms with E-state index in [1.807, 2.05) is 6.92 Å². The molecule has 0 rings (SSSR count). The Balaban J connectivity index is 4.17. The first kappa shape index (κ1) is 16.3. The lowest BCUT2D eigenvalue weighted by atomic mass is 10.1. The number of hydrogen-bond donors (Lipinski definition) is 0. The number of halogens is 3. The van der Waals surface area contributed by atoms with Gasteiger partial charge in [-0.25, -0.2) is 0 Å². The Kier molecular flexibility index (Phi) is 8.58. The van der Waals surface area contributed by atoms with Crippen molar-refractivity contribution >= 4 is 59.5 Å². The van der Waals surface area contributed by atoms with Gasteiger partial charge in [-0.1, -0.05) is 6.92 Å². The molecule has 0 aromatic carbocycles. The number of carbonyl (C=O) groups is 2. The molecule has 3 nitrogen and oxygen atoms in total. The van der Waals surface area contributed by atoms with E-state index in [0.717, 1.165) is 0 Å². The Bertz CT molecular complexity index is 296. The van der Waals surface area contributed by atoms with Gasteiger partial charge in [0.1, 0.15) is 6.10 Å². The van der Waals surface area contributed by atoms with Crippen LogP contribution in [0, 0.1) is 0 Å². The predicted molar refractivity (Wildman–Crippen MR) is 73.9 cm³/mol. The molecule has 0 saturated heterocycles. The van der Waals surface area contributed by atoms with Crippen LogP contribution in [-0.4, -0.2) is 17.9 Å². The molecule has 0 bridgehead atoms. The van der Waals surface area contributed by atoms with Crippen LogP contribution in [0.5, 0.6) is 0 Å². The number of allylic oxidation sites excluding steroid dienone is 1. The zero-order valence-corrected chi connectivity index (χ0v) is 13.8. The molecule has 0 N–H and O–H groups in total. The van der Waals surface area contributed by atoms with Crippen LogP contribution in [-0.2, 0) is 14.3 Å². The van der Waals surface area contributed by atoms with Gasteiger partial charge >= 0.3 is 5.97 Å². The number of carbonyl (C=O) groups excluding carboxylic acids is 2. The fourth-order valence-electron chi connectivity index (χ4n) is 1.09. The fraction of sp³-hybridized carbons (Fsp3) is 0.600. The summed E-state index contributed by atoms with van der Waals surface area (Å²) in [6.45, 7) is 3.29. The first-order valence-electron chi connectivity index (χ1n) is 4.79. The molecule has 16 heavy (non-hydrogen) atoms. The number of ether oxygens (including phenoxy) is 1. The zero-order chi connectivity index (χ0) is 12.7. The predicted octanol–water partition coefficient (Wildman–Crippen LogP) is 4.03. The first-order chi connectivity index (χ1) is 7.38. The molecular weight excluding hydrogens is 408 g/mol. The number of esters is 1. The van der Waals surface area contributed by atoms with Crippen LogP contribution in [0.1, 0.15) is 33.1 Å². The summed E-state index contributed by atoms with van der Waals surface area (Å²) in [4.78, 5) is 22.3. The Morgan fingerprint density at radius 1 is 1.25 bits per heavy atom. The van der Waals surface area contributed by atoms with Gasteiger partial charge in [0.05, 0.1) is 7.87 Å². The summed E-state index contributed by atoms with van der Waals surface area (Å²) in [6, 6.07) is 0. The average Bonchev–Trinajstić information content (AvgIpc) is 2.21. The van der Waals surface area contributed by atoms with Crippen molar-refractivity contribution < 1.29 is 14.3 Å². The van der Waals surface area contributed by atoms with Crippen molar-refractivity contribution in [3.05, 3.63) is 7.87 Å². The second-order valence-electron chi connectivity index (χ2n) is 3.18. The lowest BCUT2D eigenvalue weighted by molar-refractivity contribution is -0.147. The van der Waals surface area contributed by atoms with Gasteiger partial charge < -0.3 is 4.74 Å². The number of Topliss-reactive ketones (excluding diaryl/α,β-unsaturated/α-hetero) is 1. The van der Waals surface area contributed by atoms with Gasteiger partial charge in [-0.3, -0.25) is 9.59 Å². The first-order valence-corrected chi connectivity index (χ1v) is 7.17.